The molecule has 0 spiro atoms. The summed E-state index contributed by atoms with van der Waals surface area (Å²) in [7, 11) is 0. The van der Waals surface area contributed by atoms with Gasteiger partial charge in [0.25, 0.3) is 0 Å². The first-order valence-electron chi connectivity index (χ1n) is 9.94. The number of halogens is 1. The second-order valence-electron chi connectivity index (χ2n) is 7.31. The molecule has 1 saturated heterocycles. The van der Waals surface area contributed by atoms with Gasteiger partial charge in [-0.05, 0) is 24.6 Å². The lowest BCUT2D eigenvalue weighted by Crippen LogP contribution is -2.47. The molecule has 1 aromatic heterocycles. The van der Waals surface area contributed by atoms with Crippen LogP contribution in [0, 0.1) is 6.92 Å². The van der Waals surface area contributed by atoms with Gasteiger partial charge < -0.3 is 9.80 Å². The first-order valence-corrected chi connectivity index (χ1v) is 11.1. The smallest absolute Gasteiger partial charge is 0.246 e. The summed E-state index contributed by atoms with van der Waals surface area (Å²) in [5.41, 5.74) is 3.68. The van der Waals surface area contributed by atoms with E-state index in [1.807, 2.05) is 25.1 Å². The van der Waals surface area contributed by atoms with Crippen LogP contribution in [0.4, 0.5) is 0 Å². The number of hydrogen-bond donors (Lipinski definition) is 1. The predicted octanol–water partition coefficient (Wildman–Crippen LogP) is 4.03. The lowest BCUT2D eigenvalue weighted by atomic mass is 9.98. The fourth-order valence-electron chi connectivity index (χ4n) is 3.65. The summed E-state index contributed by atoms with van der Waals surface area (Å²) in [4.78, 5) is 20.4. The van der Waals surface area contributed by atoms with Crippen molar-refractivity contribution in [2.24, 2.45) is 9.39 Å². The van der Waals surface area contributed by atoms with Crippen LogP contribution in [-0.4, -0.2) is 63.6 Å². The zero-order valence-electron chi connectivity index (χ0n) is 17.3. The number of aryl methyl sites for hydroxylation is 1. The average Bonchev–Trinajstić information content (AvgIpc) is 3.27. The SMILES string of the molecule is C=CC(=O)N1CCN(C(=C)S/N=C2\CC=C(Cl)C(c3c(C)ccc4[nH]ncc34)=N2)CC1. The number of carbonyl (C=O) groups is 1. The second-order valence-corrected chi connectivity index (χ2v) is 8.56. The number of carbonyl (C=O) groups excluding carboxylic acids is 1. The quantitative estimate of drug-likeness (QED) is 0.546. The van der Waals surface area contributed by atoms with Crippen molar-refractivity contribution in [2.75, 3.05) is 26.2 Å². The number of nitrogens with zero attached hydrogens (tertiary/aromatic N) is 5. The Morgan fingerprint density at radius 2 is 2.03 bits per heavy atom. The van der Waals surface area contributed by atoms with Crippen LogP contribution in [0.3, 0.4) is 0 Å². The summed E-state index contributed by atoms with van der Waals surface area (Å²) < 4.78 is 4.62. The highest BCUT2D eigenvalue weighted by molar-refractivity contribution is 8.01. The molecular weight excluding hydrogens is 432 g/mol. The minimum absolute atomic E-state index is 0.0335. The van der Waals surface area contributed by atoms with Gasteiger partial charge in [-0.15, -0.1) is 0 Å². The highest BCUT2D eigenvalue weighted by Gasteiger charge is 2.22. The monoisotopic (exact) mass is 454 g/mol. The molecule has 9 heteroatoms. The van der Waals surface area contributed by atoms with Crippen LogP contribution in [0.15, 0.2) is 63.1 Å². The normalized spacial score (nSPS) is 18.2. The Morgan fingerprint density at radius 1 is 1.29 bits per heavy atom. The summed E-state index contributed by atoms with van der Waals surface area (Å²) in [5, 5.41) is 9.58. The molecule has 4 rings (SSSR count). The minimum Gasteiger partial charge on any atom is -0.362 e. The Morgan fingerprint density at radius 3 is 2.77 bits per heavy atom. The standard InChI is InChI=1S/C22H23ClN6OS/c1-4-20(30)29-11-9-28(10-12-29)15(3)31-27-19-8-6-17(23)22(25-19)21-14(2)5-7-18-16(21)13-24-26-18/h4-7,13H,1,3,8-12H2,2H3,(H,24,26)/b27-19+. The van der Waals surface area contributed by atoms with Crippen molar-refractivity contribution in [3.8, 4) is 0 Å². The maximum Gasteiger partial charge on any atom is 0.246 e. The van der Waals surface area contributed by atoms with E-state index in [9.17, 15) is 4.79 Å². The third-order valence-electron chi connectivity index (χ3n) is 5.38. The molecule has 31 heavy (non-hydrogen) atoms. The van der Waals surface area contributed by atoms with Crippen molar-refractivity contribution in [1.82, 2.24) is 20.0 Å². The number of H-pyrrole nitrogens is 1. The number of allylic oxidation sites excluding steroid dienone is 1. The van der Waals surface area contributed by atoms with Crippen LogP contribution in [0.25, 0.3) is 10.9 Å². The third-order valence-corrected chi connectivity index (χ3v) is 6.48. The minimum atomic E-state index is -0.0335. The van der Waals surface area contributed by atoms with E-state index in [4.69, 9.17) is 16.6 Å². The average molecular weight is 455 g/mol. The molecule has 2 aliphatic heterocycles. The van der Waals surface area contributed by atoms with E-state index in [-0.39, 0.29) is 5.91 Å². The number of dihydropyridines is 1. The summed E-state index contributed by atoms with van der Waals surface area (Å²) in [6.45, 7) is 12.5. The molecular formula is C22H23ClN6OS. The van der Waals surface area contributed by atoms with Gasteiger partial charge in [-0.2, -0.15) is 9.50 Å². The van der Waals surface area contributed by atoms with Crippen molar-refractivity contribution in [3.63, 3.8) is 0 Å². The molecule has 0 atom stereocenters. The van der Waals surface area contributed by atoms with Crippen molar-refractivity contribution >= 4 is 51.9 Å². The number of benzene rings is 1. The first kappa shape index (κ1) is 21.4. The highest BCUT2D eigenvalue weighted by Crippen LogP contribution is 2.29. The molecule has 0 aliphatic carbocycles. The topological polar surface area (TPSA) is 77.0 Å². The summed E-state index contributed by atoms with van der Waals surface area (Å²) >= 11 is 7.84. The molecule has 0 bridgehead atoms. The van der Waals surface area contributed by atoms with Crippen LogP contribution in [-0.2, 0) is 4.79 Å². The molecule has 7 nitrogen and oxygen atoms in total. The number of fused-ring (bicyclic) bond motifs is 1. The van der Waals surface area contributed by atoms with Gasteiger partial charge in [0.1, 0.15) is 5.84 Å². The van der Waals surface area contributed by atoms with Gasteiger partial charge in [0.15, 0.2) is 0 Å². The Kier molecular flexibility index (Phi) is 6.29. The molecule has 2 aliphatic rings. The fraction of sp³-hybridized carbons (Fsp3) is 0.273. The molecule has 2 aromatic rings. The Labute approximate surface area is 190 Å². The van der Waals surface area contributed by atoms with E-state index in [1.165, 1.54) is 18.0 Å². The summed E-state index contributed by atoms with van der Waals surface area (Å²) in [6.07, 6.45) is 5.64. The molecule has 3 heterocycles. The molecule has 0 saturated carbocycles. The van der Waals surface area contributed by atoms with Crippen LogP contribution in [0.1, 0.15) is 17.5 Å². The van der Waals surface area contributed by atoms with E-state index < -0.39 is 0 Å². The number of rotatable bonds is 5. The molecule has 0 unspecified atom stereocenters. The van der Waals surface area contributed by atoms with Crippen molar-refractivity contribution in [1.29, 1.82) is 0 Å². The van der Waals surface area contributed by atoms with Gasteiger partial charge in [-0.1, -0.05) is 36.9 Å². The predicted molar refractivity (Wildman–Crippen MR) is 128 cm³/mol. The Balaban J connectivity index is 1.49. The molecule has 160 valence electrons. The zero-order valence-corrected chi connectivity index (χ0v) is 18.8. The summed E-state index contributed by atoms with van der Waals surface area (Å²) in [5.74, 6) is 0.653. The van der Waals surface area contributed by atoms with Crippen LogP contribution in [0.5, 0.6) is 0 Å². The van der Waals surface area contributed by atoms with E-state index in [0.717, 1.165) is 40.1 Å². The number of aliphatic imine (C=N–C) groups is 1. The number of amidine groups is 1. The number of hydrogen-bond acceptors (Lipinski definition) is 5. The zero-order chi connectivity index (χ0) is 22.0. The second kappa shape index (κ2) is 9.11. The van der Waals surface area contributed by atoms with E-state index >= 15 is 0 Å². The Bertz CT molecular complexity index is 1140. The molecule has 1 aromatic carbocycles. The highest BCUT2D eigenvalue weighted by atomic mass is 35.5. The van der Waals surface area contributed by atoms with E-state index in [1.54, 1.807) is 11.1 Å². The Hall–Kier alpha value is -2.84. The number of nitrogens with one attached hydrogen (secondary N) is 1. The van der Waals surface area contributed by atoms with E-state index in [2.05, 4.69) is 32.7 Å². The van der Waals surface area contributed by atoms with Crippen LogP contribution < -0.4 is 0 Å². The van der Waals surface area contributed by atoms with Gasteiger partial charge in [-0.25, -0.2) is 4.99 Å². The van der Waals surface area contributed by atoms with Crippen LogP contribution >= 0.6 is 23.5 Å². The lowest BCUT2D eigenvalue weighted by molar-refractivity contribution is -0.127. The largest absolute Gasteiger partial charge is 0.362 e. The molecule has 0 radical (unpaired) electrons. The maximum absolute atomic E-state index is 11.7. The van der Waals surface area contributed by atoms with Crippen molar-refractivity contribution in [3.05, 3.63) is 64.8 Å². The third kappa shape index (κ3) is 4.45. The number of aromatic nitrogens is 2. The fourth-order valence-corrected chi connectivity index (χ4v) is 4.49. The summed E-state index contributed by atoms with van der Waals surface area (Å²) in [6, 6.07) is 4.03. The number of amides is 1. The molecule has 1 fully saturated rings. The van der Waals surface area contributed by atoms with Crippen molar-refractivity contribution < 1.29 is 4.79 Å². The van der Waals surface area contributed by atoms with Gasteiger partial charge in [-0.3, -0.25) is 9.89 Å². The van der Waals surface area contributed by atoms with Gasteiger partial charge in [0.2, 0.25) is 5.91 Å². The molecule has 1 amide bonds. The van der Waals surface area contributed by atoms with E-state index in [0.29, 0.717) is 36.1 Å². The van der Waals surface area contributed by atoms with Gasteiger partial charge in [0.05, 0.1) is 27.5 Å². The van der Waals surface area contributed by atoms with Crippen molar-refractivity contribution in [2.45, 2.75) is 13.3 Å². The van der Waals surface area contributed by atoms with Crippen LogP contribution in [0.2, 0.25) is 0 Å². The number of aromatic amines is 1. The van der Waals surface area contributed by atoms with Gasteiger partial charge in [0, 0.05) is 55.5 Å². The number of piperazine rings is 1. The molecule has 1 N–H and O–H groups in total. The van der Waals surface area contributed by atoms with Gasteiger partial charge >= 0.3 is 0 Å². The first-order chi connectivity index (χ1) is 15.0. The lowest BCUT2D eigenvalue weighted by Gasteiger charge is -2.35. The maximum atomic E-state index is 11.7.